The van der Waals surface area contributed by atoms with Crippen LogP contribution in [0.5, 0.6) is 11.5 Å². The Kier molecular flexibility index (Phi) is 8.21. The molecule has 0 aliphatic heterocycles. The first-order chi connectivity index (χ1) is 17.4. The molecule has 3 rings (SSSR count). The van der Waals surface area contributed by atoms with Crippen molar-refractivity contribution in [3.05, 3.63) is 88.8 Å². The van der Waals surface area contributed by atoms with Crippen LogP contribution in [0.1, 0.15) is 41.4 Å². The van der Waals surface area contributed by atoms with Gasteiger partial charge in [-0.15, -0.1) is 0 Å². The minimum absolute atomic E-state index is 0.111. The molecule has 37 heavy (non-hydrogen) atoms. The van der Waals surface area contributed by atoms with Gasteiger partial charge in [-0.05, 0) is 49.2 Å². The number of benzene rings is 2. The van der Waals surface area contributed by atoms with Gasteiger partial charge in [0.15, 0.2) is 29.0 Å². The van der Waals surface area contributed by atoms with E-state index in [-0.39, 0.29) is 16.9 Å². The van der Waals surface area contributed by atoms with E-state index < -0.39 is 64.7 Å². The highest BCUT2D eigenvalue weighted by molar-refractivity contribution is 5.96. The number of esters is 1. The van der Waals surface area contributed by atoms with E-state index in [1.165, 1.54) is 39.2 Å². The van der Waals surface area contributed by atoms with Gasteiger partial charge >= 0.3 is 17.6 Å². The number of hydrogen-bond acceptors (Lipinski definition) is 6. The van der Waals surface area contributed by atoms with E-state index in [0.29, 0.717) is 4.73 Å². The lowest BCUT2D eigenvalue weighted by Crippen LogP contribution is -2.47. The maximum absolute atomic E-state index is 14.0. The summed E-state index contributed by atoms with van der Waals surface area (Å²) in [5.74, 6) is -8.52. The molecule has 0 bridgehead atoms. The third-order valence-electron chi connectivity index (χ3n) is 5.57. The predicted molar refractivity (Wildman–Crippen MR) is 119 cm³/mol. The number of hydrogen-bond donors (Lipinski definition) is 3. The first kappa shape index (κ1) is 27.2. The number of halogens is 4. The zero-order valence-corrected chi connectivity index (χ0v) is 19.8. The fourth-order valence-corrected chi connectivity index (χ4v) is 3.72. The molecule has 0 aliphatic rings. The SMILES string of the molecule is COc1cc[n+](O)c(C(=O)N[C@@H](C)C(=O)O[C@@H](C)C(c2ccc(F)c(F)c2)c2ccc(F)c(F)c2)c1O. The summed E-state index contributed by atoms with van der Waals surface area (Å²) in [5, 5.41) is 22.3. The van der Waals surface area contributed by atoms with E-state index in [4.69, 9.17) is 9.47 Å². The number of nitrogens with zero attached hydrogens (tertiary/aromatic N) is 1. The van der Waals surface area contributed by atoms with E-state index in [1.54, 1.807) is 0 Å². The molecule has 3 aromatic rings. The molecule has 0 unspecified atom stereocenters. The van der Waals surface area contributed by atoms with Crippen molar-refractivity contribution in [2.45, 2.75) is 31.9 Å². The van der Waals surface area contributed by atoms with Gasteiger partial charge in [-0.25, -0.2) is 22.4 Å². The van der Waals surface area contributed by atoms with E-state index in [2.05, 4.69) is 5.32 Å². The fourth-order valence-electron chi connectivity index (χ4n) is 3.72. The summed E-state index contributed by atoms with van der Waals surface area (Å²) < 4.78 is 65.6. The molecule has 0 spiro atoms. The van der Waals surface area contributed by atoms with Crippen LogP contribution in [0.4, 0.5) is 17.6 Å². The molecule has 0 fully saturated rings. The Morgan fingerprint density at radius 3 is 1.95 bits per heavy atom. The maximum Gasteiger partial charge on any atom is 0.366 e. The van der Waals surface area contributed by atoms with Gasteiger partial charge in [0.05, 0.1) is 13.2 Å². The van der Waals surface area contributed by atoms with E-state index >= 15 is 0 Å². The molecule has 0 aliphatic carbocycles. The van der Waals surface area contributed by atoms with Crippen molar-refractivity contribution in [2.24, 2.45) is 0 Å². The molecule has 0 saturated carbocycles. The van der Waals surface area contributed by atoms with Crippen molar-refractivity contribution in [1.29, 1.82) is 0 Å². The molecule has 2 atom stereocenters. The number of aromatic hydroxyl groups is 1. The summed E-state index contributed by atoms with van der Waals surface area (Å²) in [7, 11) is 1.23. The molecule has 12 heteroatoms. The van der Waals surface area contributed by atoms with Crippen molar-refractivity contribution < 1.29 is 51.7 Å². The molecule has 1 heterocycles. The lowest BCUT2D eigenvalue weighted by molar-refractivity contribution is -0.906. The van der Waals surface area contributed by atoms with Crippen LogP contribution in [0.25, 0.3) is 0 Å². The third kappa shape index (κ3) is 5.90. The van der Waals surface area contributed by atoms with Gasteiger partial charge < -0.3 is 19.9 Å². The van der Waals surface area contributed by atoms with E-state index in [1.807, 2.05) is 0 Å². The highest BCUT2D eigenvalue weighted by Crippen LogP contribution is 2.32. The number of nitrogens with one attached hydrogen (secondary N) is 1. The number of carbonyl (C=O) groups is 2. The summed E-state index contributed by atoms with van der Waals surface area (Å²) in [4.78, 5) is 25.4. The van der Waals surface area contributed by atoms with Crippen LogP contribution in [0, 0.1) is 23.3 Å². The Balaban J connectivity index is 1.84. The highest BCUT2D eigenvalue weighted by Gasteiger charge is 2.33. The van der Waals surface area contributed by atoms with Gasteiger partial charge in [0.2, 0.25) is 11.9 Å². The molecular weight excluding hydrogens is 500 g/mol. The minimum Gasteiger partial charge on any atom is -0.499 e. The van der Waals surface area contributed by atoms with Crippen LogP contribution in [-0.4, -0.2) is 41.4 Å². The zero-order valence-electron chi connectivity index (χ0n) is 19.8. The number of pyridine rings is 1. The van der Waals surface area contributed by atoms with Crippen molar-refractivity contribution in [1.82, 2.24) is 5.32 Å². The normalized spacial score (nSPS) is 12.6. The first-order valence-corrected chi connectivity index (χ1v) is 10.9. The van der Waals surface area contributed by atoms with Gasteiger partial charge in [-0.3, -0.25) is 10.0 Å². The summed E-state index contributed by atoms with van der Waals surface area (Å²) in [6.07, 6.45) is -0.0955. The second-order valence-corrected chi connectivity index (χ2v) is 8.09. The number of ether oxygens (including phenoxy) is 2. The van der Waals surface area contributed by atoms with Gasteiger partial charge in [-0.1, -0.05) is 12.1 Å². The highest BCUT2D eigenvalue weighted by atomic mass is 19.2. The quantitative estimate of drug-likeness (QED) is 0.181. The average molecular weight is 523 g/mol. The third-order valence-corrected chi connectivity index (χ3v) is 5.57. The van der Waals surface area contributed by atoms with Gasteiger partial charge in [0, 0.05) is 10.6 Å². The summed E-state index contributed by atoms with van der Waals surface area (Å²) in [6, 6.07) is 5.69. The molecule has 1 aromatic heterocycles. The van der Waals surface area contributed by atoms with E-state index in [0.717, 1.165) is 30.5 Å². The molecule has 1 amide bonds. The van der Waals surface area contributed by atoms with Crippen molar-refractivity contribution >= 4 is 11.9 Å². The standard InChI is InChI=1S/C25H22F4N2O6/c1-12(30-24(33)22-23(32)20(36-3)8-9-31(22)35)25(34)37-13(2)21(14-4-6-16(26)18(28)10-14)15-5-7-17(27)19(29)11-15/h4-13,21H,1-3H3,(H2-,30,32,33,35)/p+1/t12-,13-/m0/s1. The number of aromatic nitrogens is 1. The van der Waals surface area contributed by atoms with Crippen LogP contribution in [0.3, 0.4) is 0 Å². The zero-order chi connectivity index (χ0) is 27.4. The second kappa shape index (κ2) is 11.1. The second-order valence-electron chi connectivity index (χ2n) is 8.09. The van der Waals surface area contributed by atoms with Crippen LogP contribution >= 0.6 is 0 Å². The van der Waals surface area contributed by atoms with Crippen LogP contribution in [0.2, 0.25) is 0 Å². The predicted octanol–water partition coefficient (Wildman–Crippen LogP) is 3.36. The molecule has 8 nitrogen and oxygen atoms in total. The van der Waals surface area contributed by atoms with Crippen molar-refractivity contribution in [3.63, 3.8) is 0 Å². The lowest BCUT2D eigenvalue weighted by atomic mass is 9.87. The molecule has 196 valence electrons. The molecule has 0 radical (unpaired) electrons. The smallest absolute Gasteiger partial charge is 0.366 e. The Bertz CT molecular complexity index is 1290. The molecule has 2 aromatic carbocycles. The largest absolute Gasteiger partial charge is 0.499 e. The summed E-state index contributed by atoms with van der Waals surface area (Å²) in [6.45, 7) is 2.66. The first-order valence-electron chi connectivity index (χ1n) is 10.9. The van der Waals surface area contributed by atoms with Crippen molar-refractivity contribution in [3.8, 4) is 11.5 Å². The van der Waals surface area contributed by atoms with Gasteiger partial charge in [0.25, 0.3) is 0 Å². The Hall–Kier alpha value is -4.35. The number of methoxy groups -OCH3 is 1. The topological polar surface area (TPSA) is 109 Å². The summed E-state index contributed by atoms with van der Waals surface area (Å²) in [5.41, 5.74) is -0.387. The lowest BCUT2D eigenvalue weighted by Gasteiger charge is -2.26. The van der Waals surface area contributed by atoms with Crippen LogP contribution in [-0.2, 0) is 9.53 Å². The van der Waals surface area contributed by atoms with Crippen molar-refractivity contribution in [2.75, 3.05) is 7.11 Å². The Labute approximate surface area is 208 Å². The number of amides is 1. The van der Waals surface area contributed by atoms with Crippen LogP contribution < -0.4 is 14.8 Å². The number of rotatable bonds is 8. The maximum atomic E-state index is 14.0. The summed E-state index contributed by atoms with van der Waals surface area (Å²) >= 11 is 0. The molecular formula is C25H23F4N2O6+. The average Bonchev–Trinajstić information content (AvgIpc) is 2.83. The Morgan fingerprint density at radius 2 is 1.46 bits per heavy atom. The minimum atomic E-state index is -1.32. The van der Waals surface area contributed by atoms with Gasteiger partial charge in [-0.2, -0.15) is 0 Å². The number of carbonyl (C=O) groups excluding carboxylic acids is 2. The Morgan fingerprint density at radius 1 is 0.919 bits per heavy atom. The molecule has 0 saturated heterocycles. The molecule has 3 N–H and O–H groups in total. The fraction of sp³-hybridized carbons (Fsp3) is 0.240. The van der Waals surface area contributed by atoms with E-state index in [9.17, 15) is 37.5 Å². The van der Waals surface area contributed by atoms with Crippen LogP contribution in [0.15, 0.2) is 48.7 Å². The monoisotopic (exact) mass is 523 g/mol. The van der Waals surface area contributed by atoms with Gasteiger partial charge in [0.1, 0.15) is 12.1 Å².